The highest BCUT2D eigenvalue weighted by atomic mass is 14.4. The molecule has 0 nitrogen and oxygen atoms in total. The third-order valence-electron chi connectivity index (χ3n) is 12.8. The molecule has 254 valence electrons. The summed E-state index contributed by atoms with van der Waals surface area (Å²) in [5, 5.41) is 5.69. The van der Waals surface area contributed by atoms with Crippen LogP contribution >= 0.6 is 0 Å². The first-order valence-corrected chi connectivity index (χ1v) is 19.7. The van der Waals surface area contributed by atoms with E-state index >= 15 is 0 Å². The monoisotopic (exact) mass is 670 g/mol. The zero-order valence-corrected chi connectivity index (χ0v) is 30.0. The molecule has 0 spiro atoms. The number of allylic oxidation sites excluding steroid dienone is 24. The van der Waals surface area contributed by atoms with E-state index in [-0.39, 0.29) is 11.8 Å². The molecule has 0 saturated carbocycles. The van der Waals surface area contributed by atoms with E-state index in [1.54, 1.807) is 0 Å². The van der Waals surface area contributed by atoms with Gasteiger partial charge in [-0.25, -0.2) is 0 Å². The van der Waals surface area contributed by atoms with Gasteiger partial charge in [0.2, 0.25) is 0 Å². The van der Waals surface area contributed by atoms with Gasteiger partial charge in [0.05, 0.1) is 0 Å². The Kier molecular flexibility index (Phi) is 8.13. The van der Waals surface area contributed by atoms with Crippen molar-refractivity contribution in [1.82, 2.24) is 0 Å². The topological polar surface area (TPSA) is 0 Å². The van der Waals surface area contributed by atoms with E-state index in [0.29, 0.717) is 11.8 Å². The van der Waals surface area contributed by atoms with Gasteiger partial charge in [-0.1, -0.05) is 158 Å². The number of benzene rings is 2. The van der Waals surface area contributed by atoms with Crippen LogP contribution in [0.1, 0.15) is 51.4 Å². The fourth-order valence-corrected chi connectivity index (χ4v) is 10.4. The highest BCUT2D eigenvalue weighted by Crippen LogP contribution is 2.49. The van der Waals surface area contributed by atoms with E-state index in [1.165, 1.54) is 76.6 Å². The van der Waals surface area contributed by atoms with Crippen molar-refractivity contribution in [3.63, 3.8) is 0 Å². The summed E-state index contributed by atoms with van der Waals surface area (Å²) >= 11 is 0. The Morgan fingerprint density at radius 3 is 0.981 bits per heavy atom. The smallest absolute Gasteiger partial charge is 0.0134 e. The maximum absolute atomic E-state index is 2.51. The summed E-state index contributed by atoms with van der Waals surface area (Å²) in [5.41, 5.74) is 15.2. The highest BCUT2D eigenvalue weighted by Gasteiger charge is 2.39. The highest BCUT2D eigenvalue weighted by molar-refractivity contribution is 5.98. The summed E-state index contributed by atoms with van der Waals surface area (Å²) in [6, 6.07) is 18.7. The van der Waals surface area contributed by atoms with E-state index in [1.807, 2.05) is 0 Å². The Balaban J connectivity index is 1.21. The van der Waals surface area contributed by atoms with Crippen LogP contribution in [0.15, 0.2) is 191 Å². The van der Waals surface area contributed by atoms with E-state index < -0.39 is 0 Å². The molecule has 0 aromatic heterocycles. The van der Waals surface area contributed by atoms with Gasteiger partial charge in [0.25, 0.3) is 0 Å². The van der Waals surface area contributed by atoms with E-state index in [9.17, 15) is 0 Å². The van der Waals surface area contributed by atoms with Crippen molar-refractivity contribution in [2.75, 3.05) is 0 Å². The van der Waals surface area contributed by atoms with Crippen molar-refractivity contribution in [2.45, 2.75) is 51.4 Å². The molecule has 0 radical (unpaired) electrons. The number of fused-ring (bicyclic) bond motifs is 4. The summed E-state index contributed by atoms with van der Waals surface area (Å²) in [6.45, 7) is 0. The van der Waals surface area contributed by atoms with Gasteiger partial charge in [0.1, 0.15) is 0 Å². The van der Waals surface area contributed by atoms with Crippen LogP contribution in [0.25, 0.3) is 22.3 Å². The van der Waals surface area contributed by atoms with Crippen LogP contribution < -0.4 is 20.9 Å². The Bertz CT molecular complexity index is 2340. The molecular formula is C52H46. The van der Waals surface area contributed by atoms with Gasteiger partial charge in [-0.15, -0.1) is 0 Å². The van der Waals surface area contributed by atoms with Crippen molar-refractivity contribution in [2.24, 2.45) is 23.7 Å². The summed E-state index contributed by atoms with van der Waals surface area (Å²) in [6.07, 6.45) is 51.8. The zero-order chi connectivity index (χ0) is 34.4. The lowest BCUT2D eigenvalue weighted by Gasteiger charge is -2.40. The lowest BCUT2D eigenvalue weighted by molar-refractivity contribution is 0.648. The fraction of sp³-hybridized carbons (Fsp3) is 0.231. The van der Waals surface area contributed by atoms with Crippen LogP contribution in [0, 0.1) is 23.7 Å². The lowest BCUT2D eigenvalue weighted by Crippen LogP contribution is -2.46. The van der Waals surface area contributed by atoms with Crippen LogP contribution in [-0.2, 0) is 0 Å². The first-order valence-electron chi connectivity index (χ1n) is 19.7. The quantitative estimate of drug-likeness (QED) is 0.297. The van der Waals surface area contributed by atoms with Crippen LogP contribution in [0.3, 0.4) is 0 Å². The molecule has 0 heterocycles. The molecule has 8 aliphatic rings. The van der Waals surface area contributed by atoms with Crippen LogP contribution in [-0.4, -0.2) is 0 Å². The van der Waals surface area contributed by atoms with Crippen LogP contribution in [0.4, 0.5) is 0 Å². The summed E-state index contributed by atoms with van der Waals surface area (Å²) in [5.74, 6) is 1.20. The predicted octanol–water partition coefficient (Wildman–Crippen LogP) is 9.58. The van der Waals surface area contributed by atoms with Crippen LogP contribution in [0.2, 0.25) is 0 Å². The lowest BCUT2D eigenvalue weighted by atomic mass is 9.63. The zero-order valence-electron chi connectivity index (χ0n) is 30.0. The van der Waals surface area contributed by atoms with Gasteiger partial charge in [-0.05, 0) is 128 Å². The number of hydrogen-bond donors (Lipinski definition) is 0. The van der Waals surface area contributed by atoms with Crippen molar-refractivity contribution in [3.8, 4) is 0 Å². The standard InChI is InChI=1S/C52H46/c1-3-15-35(16-4-1)37-27-31-39(32-28-37)49-41-19-7-11-23-45(41)51(46-24-12-8-20-42(46)49)52-47-25-13-9-21-43(47)50(44-22-10-14-26-48(44)52)40-33-29-38(30-34-40)36-17-5-2-6-18-36/h1-3,5,7-15,17,19-27,29,31,33,41,43,45,47H,4,6,16,18,28,30,32,34H2. The first-order chi connectivity index (χ1) is 25.8. The van der Waals surface area contributed by atoms with E-state index in [0.717, 1.165) is 51.4 Å². The molecule has 52 heavy (non-hydrogen) atoms. The van der Waals surface area contributed by atoms with E-state index in [4.69, 9.17) is 0 Å². The molecule has 0 saturated heterocycles. The third-order valence-corrected chi connectivity index (χ3v) is 12.8. The molecule has 0 heteroatoms. The maximum Gasteiger partial charge on any atom is 0.0134 e. The Morgan fingerprint density at radius 1 is 0.308 bits per heavy atom. The molecule has 8 aliphatic carbocycles. The minimum Gasteiger partial charge on any atom is -0.0842 e. The molecule has 0 bridgehead atoms. The van der Waals surface area contributed by atoms with E-state index in [2.05, 4.69) is 158 Å². The average molecular weight is 671 g/mol. The molecule has 4 unspecified atom stereocenters. The van der Waals surface area contributed by atoms with Crippen molar-refractivity contribution in [1.29, 1.82) is 0 Å². The second-order valence-electron chi connectivity index (χ2n) is 15.5. The Morgan fingerprint density at radius 2 is 0.635 bits per heavy atom. The molecule has 2 aromatic carbocycles. The number of hydrogen-bond acceptors (Lipinski definition) is 0. The fourth-order valence-electron chi connectivity index (χ4n) is 10.4. The van der Waals surface area contributed by atoms with Gasteiger partial charge < -0.3 is 0 Å². The molecule has 0 aliphatic heterocycles. The SMILES string of the molecule is C1=CCCC(C2=CC=C(C3=c4ccccc4=C(C4=c5ccccc5=C(C5=CC=C(C6=CC=CCC6)CC5)C5C=CC=CC45)C4C=CC=CC34)CC2)=C1. The predicted molar refractivity (Wildman–Crippen MR) is 219 cm³/mol. The molecular weight excluding hydrogens is 625 g/mol. The first kappa shape index (κ1) is 31.5. The largest absolute Gasteiger partial charge is 0.0842 e. The van der Waals surface area contributed by atoms with Gasteiger partial charge in [-0.3, -0.25) is 0 Å². The minimum atomic E-state index is 0.286. The second-order valence-corrected chi connectivity index (χ2v) is 15.5. The molecule has 4 atom stereocenters. The molecule has 0 fully saturated rings. The van der Waals surface area contributed by atoms with Crippen molar-refractivity contribution < 1.29 is 0 Å². The third kappa shape index (κ3) is 5.35. The van der Waals surface area contributed by atoms with Gasteiger partial charge in [0, 0.05) is 23.7 Å². The van der Waals surface area contributed by atoms with Gasteiger partial charge in [0.15, 0.2) is 0 Å². The summed E-state index contributed by atoms with van der Waals surface area (Å²) in [7, 11) is 0. The molecule has 0 amide bonds. The molecule has 2 aromatic rings. The minimum absolute atomic E-state index is 0.286. The number of rotatable bonds is 5. The maximum atomic E-state index is 2.51. The Hall–Kier alpha value is -5.20. The summed E-state index contributed by atoms with van der Waals surface area (Å²) in [4.78, 5) is 0. The second kappa shape index (κ2) is 13.4. The Labute approximate surface area is 308 Å². The van der Waals surface area contributed by atoms with Gasteiger partial charge in [-0.2, -0.15) is 0 Å². The average Bonchev–Trinajstić information content (AvgIpc) is 3.23. The van der Waals surface area contributed by atoms with Crippen LogP contribution in [0.5, 0.6) is 0 Å². The van der Waals surface area contributed by atoms with Crippen molar-refractivity contribution in [3.05, 3.63) is 212 Å². The molecule has 10 rings (SSSR count). The summed E-state index contributed by atoms with van der Waals surface area (Å²) < 4.78 is 0. The van der Waals surface area contributed by atoms with Gasteiger partial charge >= 0.3 is 0 Å². The van der Waals surface area contributed by atoms with Crippen molar-refractivity contribution >= 4 is 22.3 Å². The normalized spacial score (nSPS) is 27.1. The molecule has 0 N–H and O–H groups in total.